The highest BCUT2D eigenvalue weighted by Gasteiger charge is 2.16. The largest absolute Gasteiger partial charge is 0.493 e. The lowest BCUT2D eigenvalue weighted by Crippen LogP contribution is -2.12. The molecule has 22 heavy (non-hydrogen) atoms. The highest BCUT2D eigenvalue weighted by molar-refractivity contribution is 5.95. The number of hydrogen-bond donors (Lipinski definition) is 0. The lowest BCUT2D eigenvalue weighted by molar-refractivity contribution is -0.130. The van der Waals surface area contributed by atoms with Crippen LogP contribution >= 0.6 is 0 Å². The molecule has 0 radical (unpaired) electrons. The van der Waals surface area contributed by atoms with Crippen LogP contribution in [-0.4, -0.2) is 12.6 Å². The number of carbonyl (C=O) groups excluding carboxylic acids is 1. The Morgan fingerprint density at radius 3 is 2.68 bits per heavy atom. The third-order valence-corrected chi connectivity index (χ3v) is 3.68. The van der Waals surface area contributed by atoms with Crippen LogP contribution in [0.5, 0.6) is 11.5 Å². The number of para-hydroxylation sites is 1. The molecule has 1 aliphatic heterocycles. The van der Waals surface area contributed by atoms with E-state index < -0.39 is 0 Å². The maximum atomic E-state index is 12.3. The van der Waals surface area contributed by atoms with Crippen molar-refractivity contribution in [2.45, 2.75) is 19.8 Å². The number of carbonyl (C=O) groups is 1. The molecular weight excluding hydrogens is 276 g/mol. The molecule has 0 aliphatic carbocycles. The molecule has 1 heterocycles. The molecule has 0 bridgehead atoms. The van der Waals surface area contributed by atoms with Gasteiger partial charge in [-0.15, -0.1) is 0 Å². The van der Waals surface area contributed by atoms with Gasteiger partial charge in [0.1, 0.15) is 11.5 Å². The number of rotatable bonds is 3. The Morgan fingerprint density at radius 1 is 1.14 bits per heavy atom. The van der Waals surface area contributed by atoms with Crippen molar-refractivity contribution < 1.29 is 14.3 Å². The first kappa shape index (κ1) is 14.4. The molecule has 112 valence electrons. The molecule has 0 fully saturated rings. The quantitative estimate of drug-likeness (QED) is 0.633. The first-order valence-corrected chi connectivity index (χ1v) is 7.50. The summed E-state index contributed by atoms with van der Waals surface area (Å²) >= 11 is 0. The van der Waals surface area contributed by atoms with Crippen LogP contribution in [0.25, 0.3) is 6.08 Å². The SMILES string of the molecule is CCc1ccc(OC(=O)C2=Cc3ccccc3OCC2)cc1. The minimum absolute atomic E-state index is 0.315. The average molecular weight is 294 g/mol. The fourth-order valence-corrected chi connectivity index (χ4v) is 2.39. The van der Waals surface area contributed by atoms with Crippen molar-refractivity contribution in [2.75, 3.05) is 6.61 Å². The van der Waals surface area contributed by atoms with Crippen LogP contribution in [0.2, 0.25) is 0 Å². The fourth-order valence-electron chi connectivity index (χ4n) is 2.39. The van der Waals surface area contributed by atoms with Crippen LogP contribution in [0.4, 0.5) is 0 Å². The normalized spacial score (nSPS) is 13.4. The molecule has 1 aliphatic rings. The Bertz CT molecular complexity index is 699. The Balaban J connectivity index is 1.78. The molecule has 0 N–H and O–H groups in total. The molecule has 0 atom stereocenters. The van der Waals surface area contributed by atoms with Crippen molar-refractivity contribution in [3.8, 4) is 11.5 Å². The molecule has 0 amide bonds. The average Bonchev–Trinajstić information content (AvgIpc) is 2.78. The van der Waals surface area contributed by atoms with Gasteiger partial charge in [-0.05, 0) is 36.3 Å². The van der Waals surface area contributed by atoms with E-state index >= 15 is 0 Å². The van der Waals surface area contributed by atoms with E-state index in [4.69, 9.17) is 9.47 Å². The Morgan fingerprint density at radius 2 is 1.91 bits per heavy atom. The van der Waals surface area contributed by atoms with Gasteiger partial charge in [0.2, 0.25) is 0 Å². The number of benzene rings is 2. The van der Waals surface area contributed by atoms with Gasteiger partial charge in [-0.3, -0.25) is 0 Å². The summed E-state index contributed by atoms with van der Waals surface area (Å²) in [5, 5.41) is 0. The molecule has 3 rings (SSSR count). The topological polar surface area (TPSA) is 35.5 Å². The zero-order valence-electron chi connectivity index (χ0n) is 12.5. The van der Waals surface area contributed by atoms with Gasteiger partial charge in [-0.1, -0.05) is 37.3 Å². The smallest absolute Gasteiger partial charge is 0.339 e. The van der Waals surface area contributed by atoms with Crippen LogP contribution in [0.1, 0.15) is 24.5 Å². The van der Waals surface area contributed by atoms with Gasteiger partial charge in [0.05, 0.1) is 6.61 Å². The van der Waals surface area contributed by atoms with Crippen molar-refractivity contribution in [1.29, 1.82) is 0 Å². The number of hydrogen-bond acceptors (Lipinski definition) is 3. The van der Waals surface area contributed by atoms with Crippen molar-refractivity contribution in [1.82, 2.24) is 0 Å². The highest BCUT2D eigenvalue weighted by atomic mass is 16.5. The number of esters is 1. The molecule has 2 aromatic carbocycles. The second kappa shape index (κ2) is 6.48. The number of ether oxygens (including phenoxy) is 2. The van der Waals surface area contributed by atoms with Crippen LogP contribution in [0.3, 0.4) is 0 Å². The van der Waals surface area contributed by atoms with Gasteiger partial charge in [-0.2, -0.15) is 0 Å². The molecule has 0 unspecified atom stereocenters. The molecule has 0 spiro atoms. The minimum Gasteiger partial charge on any atom is -0.493 e. The summed E-state index contributed by atoms with van der Waals surface area (Å²) in [7, 11) is 0. The molecule has 0 saturated carbocycles. The summed E-state index contributed by atoms with van der Waals surface area (Å²) in [6.07, 6.45) is 3.36. The first-order valence-electron chi connectivity index (χ1n) is 7.50. The number of fused-ring (bicyclic) bond motifs is 1. The summed E-state index contributed by atoms with van der Waals surface area (Å²) in [5.74, 6) is 1.06. The van der Waals surface area contributed by atoms with Gasteiger partial charge in [0, 0.05) is 17.6 Å². The van der Waals surface area contributed by atoms with E-state index in [1.165, 1.54) is 5.56 Å². The predicted octanol–water partition coefficient (Wildman–Crippen LogP) is 4.02. The predicted molar refractivity (Wildman–Crippen MR) is 86.0 cm³/mol. The van der Waals surface area contributed by atoms with Gasteiger partial charge in [0.25, 0.3) is 0 Å². The summed E-state index contributed by atoms with van der Waals surface area (Å²) in [6, 6.07) is 15.3. The highest BCUT2D eigenvalue weighted by Crippen LogP contribution is 2.26. The lowest BCUT2D eigenvalue weighted by atomic mass is 10.1. The summed E-state index contributed by atoms with van der Waals surface area (Å²) in [4.78, 5) is 12.3. The molecular formula is C19H18O3. The Kier molecular flexibility index (Phi) is 4.24. The van der Waals surface area contributed by atoms with Gasteiger partial charge < -0.3 is 9.47 Å². The van der Waals surface area contributed by atoms with E-state index in [0.29, 0.717) is 24.4 Å². The van der Waals surface area contributed by atoms with E-state index in [1.807, 2.05) is 54.6 Å². The van der Waals surface area contributed by atoms with Crippen LogP contribution in [-0.2, 0) is 11.2 Å². The summed E-state index contributed by atoms with van der Waals surface area (Å²) < 4.78 is 11.1. The van der Waals surface area contributed by atoms with E-state index in [9.17, 15) is 4.79 Å². The van der Waals surface area contributed by atoms with Gasteiger partial charge in [0.15, 0.2) is 0 Å². The molecule has 3 heteroatoms. The van der Waals surface area contributed by atoms with Gasteiger partial charge in [-0.25, -0.2) is 4.79 Å². The molecule has 2 aromatic rings. The first-order chi connectivity index (χ1) is 10.8. The van der Waals surface area contributed by atoms with Crippen molar-refractivity contribution in [2.24, 2.45) is 0 Å². The zero-order chi connectivity index (χ0) is 15.4. The van der Waals surface area contributed by atoms with E-state index in [1.54, 1.807) is 0 Å². The molecule has 3 nitrogen and oxygen atoms in total. The van der Waals surface area contributed by atoms with Crippen molar-refractivity contribution in [3.05, 3.63) is 65.2 Å². The zero-order valence-corrected chi connectivity index (χ0v) is 12.5. The third-order valence-electron chi connectivity index (χ3n) is 3.68. The maximum absolute atomic E-state index is 12.3. The van der Waals surface area contributed by atoms with Crippen molar-refractivity contribution >= 4 is 12.0 Å². The number of aryl methyl sites for hydroxylation is 1. The monoisotopic (exact) mass is 294 g/mol. The fraction of sp³-hybridized carbons (Fsp3) is 0.211. The van der Waals surface area contributed by atoms with E-state index in [0.717, 1.165) is 17.7 Å². The molecule has 0 aromatic heterocycles. The van der Waals surface area contributed by atoms with Gasteiger partial charge >= 0.3 is 5.97 Å². The Hall–Kier alpha value is -2.55. The second-order valence-electron chi connectivity index (χ2n) is 5.19. The minimum atomic E-state index is -0.315. The maximum Gasteiger partial charge on any atom is 0.339 e. The lowest BCUT2D eigenvalue weighted by Gasteiger charge is -2.07. The van der Waals surface area contributed by atoms with E-state index in [-0.39, 0.29) is 5.97 Å². The molecule has 0 saturated heterocycles. The third kappa shape index (κ3) is 3.19. The van der Waals surface area contributed by atoms with Crippen LogP contribution in [0, 0.1) is 0 Å². The summed E-state index contributed by atoms with van der Waals surface area (Å²) in [6.45, 7) is 2.57. The standard InChI is InChI=1S/C19H18O3/c1-2-14-7-9-17(10-8-14)22-19(20)16-11-12-21-18-6-4-3-5-15(18)13-16/h3-10,13H,2,11-12H2,1H3. The van der Waals surface area contributed by atoms with Crippen molar-refractivity contribution in [3.63, 3.8) is 0 Å². The van der Waals surface area contributed by atoms with E-state index in [2.05, 4.69) is 6.92 Å². The van der Waals surface area contributed by atoms with Crippen LogP contribution in [0.15, 0.2) is 54.1 Å². The summed E-state index contributed by atoms with van der Waals surface area (Å²) in [5.41, 5.74) is 2.76. The Labute approximate surface area is 130 Å². The second-order valence-corrected chi connectivity index (χ2v) is 5.19. The van der Waals surface area contributed by atoms with Crippen LogP contribution < -0.4 is 9.47 Å².